The third-order valence-electron chi connectivity index (χ3n) is 2.27. The average molecular weight is 190 g/mol. The van der Waals surface area contributed by atoms with Crippen LogP contribution in [0.2, 0.25) is 0 Å². The molecule has 70 valence electrons. The minimum absolute atomic E-state index is 0.000324. The Hall–Kier alpha value is -2.10. The molecule has 0 aliphatic rings. The summed E-state index contributed by atoms with van der Waals surface area (Å²) in [7, 11) is 0. The molecule has 4 heteroatoms. The highest BCUT2D eigenvalue weighted by Crippen LogP contribution is 2.38. The Morgan fingerprint density at radius 1 is 1.00 bits per heavy atom. The van der Waals surface area contributed by atoms with Crippen LogP contribution in [0, 0.1) is 0 Å². The van der Waals surface area contributed by atoms with Gasteiger partial charge >= 0.3 is 0 Å². The first-order valence-corrected chi connectivity index (χ1v) is 4.09. The molecule has 0 atom stereocenters. The number of phenols is 2. The van der Waals surface area contributed by atoms with E-state index in [0.29, 0.717) is 21.9 Å². The summed E-state index contributed by atoms with van der Waals surface area (Å²) < 4.78 is 9.27. The Kier molecular flexibility index (Phi) is 1.16. The summed E-state index contributed by atoms with van der Waals surface area (Å²) in [4.78, 5) is 0. The highest BCUT2D eigenvalue weighted by atomic mass is 17.0. The highest BCUT2D eigenvalue weighted by Gasteiger charge is 2.15. The summed E-state index contributed by atoms with van der Waals surface area (Å²) in [5.74, 6) is 0.107. The zero-order valence-electron chi connectivity index (χ0n) is 7.02. The summed E-state index contributed by atoms with van der Waals surface area (Å²) in [5.41, 5.74) is 0.764. The number of phenolic OH excluding ortho intramolecular Hbond substituents is 2. The van der Waals surface area contributed by atoms with Crippen LogP contribution in [-0.4, -0.2) is 10.2 Å². The second-order valence-electron chi connectivity index (χ2n) is 3.09. The lowest BCUT2D eigenvalue weighted by atomic mass is 10.1. The Balaban J connectivity index is 2.60. The summed E-state index contributed by atoms with van der Waals surface area (Å²) in [6.45, 7) is 0. The van der Waals surface area contributed by atoms with Crippen molar-refractivity contribution in [3.05, 3.63) is 24.3 Å². The van der Waals surface area contributed by atoms with E-state index in [9.17, 15) is 10.2 Å². The van der Waals surface area contributed by atoms with Crippen molar-refractivity contribution in [1.82, 2.24) is 0 Å². The molecule has 0 radical (unpaired) electrons. The molecule has 0 aliphatic carbocycles. The fourth-order valence-electron chi connectivity index (χ4n) is 1.54. The second kappa shape index (κ2) is 2.23. The SMILES string of the molecule is Oc1cccc2c(O)c3ooc3cc12. The summed E-state index contributed by atoms with van der Waals surface area (Å²) in [6, 6.07) is 6.53. The van der Waals surface area contributed by atoms with Crippen LogP contribution in [0.3, 0.4) is 0 Å². The molecular weight excluding hydrogens is 184 g/mol. The maximum absolute atomic E-state index is 9.70. The topological polar surface area (TPSA) is 66.7 Å². The van der Waals surface area contributed by atoms with Crippen LogP contribution in [0.15, 0.2) is 33.4 Å². The molecule has 3 aromatic rings. The zero-order chi connectivity index (χ0) is 9.71. The van der Waals surface area contributed by atoms with E-state index in [1.54, 1.807) is 24.3 Å². The normalized spacial score (nSPS) is 11.4. The molecule has 0 bridgehead atoms. The summed E-state index contributed by atoms with van der Waals surface area (Å²) >= 11 is 0. The summed E-state index contributed by atoms with van der Waals surface area (Å²) in [5, 5.41) is 20.3. The minimum atomic E-state index is -0.000324. The molecule has 0 aliphatic heterocycles. The zero-order valence-corrected chi connectivity index (χ0v) is 7.02. The molecule has 0 saturated heterocycles. The third kappa shape index (κ3) is 0.724. The number of aromatic hydroxyl groups is 2. The van der Waals surface area contributed by atoms with Gasteiger partial charge in [-0.15, -0.1) is 0 Å². The number of benzene rings is 2. The molecule has 0 unspecified atom stereocenters. The van der Waals surface area contributed by atoms with Gasteiger partial charge in [0, 0.05) is 16.8 Å². The van der Waals surface area contributed by atoms with E-state index < -0.39 is 0 Å². The van der Waals surface area contributed by atoms with E-state index >= 15 is 0 Å². The molecule has 14 heavy (non-hydrogen) atoms. The molecular formula is C10H6O4. The van der Waals surface area contributed by atoms with Gasteiger partial charge in [0.05, 0.1) is 0 Å². The minimum Gasteiger partial charge on any atom is -0.507 e. The standard InChI is InChI=1S/C10H6O4/c11-7-3-1-2-5-6(7)4-8-10(9(5)12)14-13-8/h1-4,11-12H. The van der Waals surface area contributed by atoms with Crippen molar-refractivity contribution in [1.29, 1.82) is 0 Å². The molecule has 2 aromatic carbocycles. The van der Waals surface area contributed by atoms with Crippen LogP contribution >= 0.6 is 0 Å². The van der Waals surface area contributed by atoms with E-state index in [1.807, 2.05) is 0 Å². The third-order valence-corrected chi connectivity index (χ3v) is 2.27. The van der Waals surface area contributed by atoms with Gasteiger partial charge in [0.1, 0.15) is 5.75 Å². The largest absolute Gasteiger partial charge is 0.507 e. The lowest BCUT2D eigenvalue weighted by Crippen LogP contribution is -1.81. The lowest BCUT2D eigenvalue weighted by molar-refractivity contribution is 0.0569. The monoisotopic (exact) mass is 190 g/mol. The van der Waals surface area contributed by atoms with E-state index in [2.05, 4.69) is 9.15 Å². The van der Waals surface area contributed by atoms with E-state index in [4.69, 9.17) is 0 Å². The van der Waals surface area contributed by atoms with Crippen LogP contribution in [-0.2, 0) is 0 Å². The van der Waals surface area contributed by atoms with Gasteiger partial charge in [-0.1, -0.05) is 12.1 Å². The van der Waals surface area contributed by atoms with Crippen molar-refractivity contribution in [2.45, 2.75) is 0 Å². The van der Waals surface area contributed by atoms with Crippen molar-refractivity contribution in [3.8, 4) is 11.5 Å². The van der Waals surface area contributed by atoms with Crippen molar-refractivity contribution in [2.24, 2.45) is 0 Å². The Bertz CT molecular complexity index is 617. The molecule has 4 nitrogen and oxygen atoms in total. The highest BCUT2D eigenvalue weighted by molar-refractivity contribution is 6.03. The quantitative estimate of drug-likeness (QED) is 0.534. The van der Waals surface area contributed by atoms with Gasteiger partial charge in [0.25, 0.3) is 5.58 Å². The maximum Gasteiger partial charge on any atom is 0.267 e. The molecule has 0 spiro atoms. The molecule has 1 aromatic heterocycles. The second-order valence-corrected chi connectivity index (χ2v) is 3.09. The van der Waals surface area contributed by atoms with Gasteiger partial charge in [-0.3, -0.25) is 9.15 Å². The Labute approximate surface area is 77.9 Å². The van der Waals surface area contributed by atoms with Gasteiger partial charge in [-0.05, 0) is 6.07 Å². The summed E-state index contributed by atoms with van der Waals surface area (Å²) in [6.07, 6.45) is 0. The van der Waals surface area contributed by atoms with Crippen LogP contribution < -0.4 is 0 Å². The molecule has 0 fully saturated rings. The van der Waals surface area contributed by atoms with Crippen molar-refractivity contribution < 1.29 is 19.4 Å². The van der Waals surface area contributed by atoms with Gasteiger partial charge in [-0.25, -0.2) is 0 Å². The first kappa shape index (κ1) is 7.32. The number of hydrogen-bond donors (Lipinski definition) is 2. The number of fused-ring (bicyclic) bond motifs is 2. The Morgan fingerprint density at radius 3 is 2.57 bits per heavy atom. The smallest absolute Gasteiger partial charge is 0.267 e. The van der Waals surface area contributed by atoms with Crippen molar-refractivity contribution in [2.75, 3.05) is 0 Å². The van der Waals surface area contributed by atoms with Crippen molar-refractivity contribution in [3.63, 3.8) is 0 Å². The molecule has 0 amide bonds. The van der Waals surface area contributed by atoms with E-state index in [-0.39, 0.29) is 11.5 Å². The lowest BCUT2D eigenvalue weighted by Gasteiger charge is -2.05. The van der Waals surface area contributed by atoms with Crippen LogP contribution in [0.1, 0.15) is 0 Å². The van der Waals surface area contributed by atoms with Gasteiger partial charge in [0.2, 0.25) is 5.58 Å². The van der Waals surface area contributed by atoms with Crippen molar-refractivity contribution >= 4 is 21.9 Å². The molecule has 1 heterocycles. The number of hydrogen-bond acceptors (Lipinski definition) is 4. The molecule has 2 N–H and O–H groups in total. The van der Waals surface area contributed by atoms with Crippen LogP contribution in [0.25, 0.3) is 21.9 Å². The number of rotatable bonds is 0. The Morgan fingerprint density at radius 2 is 1.86 bits per heavy atom. The maximum atomic E-state index is 9.70. The van der Waals surface area contributed by atoms with Crippen LogP contribution in [0.4, 0.5) is 0 Å². The van der Waals surface area contributed by atoms with Gasteiger partial charge in [-0.2, -0.15) is 0 Å². The van der Waals surface area contributed by atoms with Crippen LogP contribution in [0.5, 0.6) is 11.5 Å². The molecule has 0 saturated carbocycles. The van der Waals surface area contributed by atoms with E-state index in [0.717, 1.165) is 0 Å². The first-order valence-electron chi connectivity index (χ1n) is 4.09. The van der Waals surface area contributed by atoms with E-state index in [1.165, 1.54) is 0 Å². The molecule has 3 rings (SSSR count). The fraction of sp³-hybridized carbons (Fsp3) is 0. The van der Waals surface area contributed by atoms with Gasteiger partial charge < -0.3 is 10.2 Å². The van der Waals surface area contributed by atoms with Gasteiger partial charge in [0.15, 0.2) is 5.75 Å². The predicted octanol–water partition coefficient (Wildman–Crippen LogP) is 2.59. The average Bonchev–Trinajstić information content (AvgIpc) is 2.12. The predicted molar refractivity (Wildman–Crippen MR) is 49.3 cm³/mol. The fourth-order valence-corrected chi connectivity index (χ4v) is 1.54. The first-order chi connectivity index (χ1) is 6.77.